The second-order valence-corrected chi connectivity index (χ2v) is 6.19. The molecule has 0 spiro atoms. The number of nitrogens with zero attached hydrogens (tertiary/aromatic N) is 1. The summed E-state index contributed by atoms with van der Waals surface area (Å²) in [4.78, 5) is 24.0. The van der Waals surface area contributed by atoms with E-state index in [-0.39, 0.29) is 5.69 Å². The number of carbonyl (C=O) groups excluding carboxylic acids is 1. The lowest BCUT2D eigenvalue weighted by atomic mass is 10.0. The zero-order chi connectivity index (χ0) is 16.7. The highest BCUT2D eigenvalue weighted by molar-refractivity contribution is 5.95. The number of carbonyl (C=O) groups is 2. The molecule has 0 bridgehead atoms. The highest BCUT2D eigenvalue weighted by Gasteiger charge is 2.28. The molecule has 2 aromatic rings. The third-order valence-electron chi connectivity index (χ3n) is 4.42. The molecule has 124 valence electrons. The maximum Gasteiger partial charge on any atom is 0.330 e. The standard InChI is InChI=1S/C17H17N3O4/c21-16(13-8-12(19-20-13)9-1-2-9)18-15(17(22)23)11-3-4-14-10(7-11)5-6-24-14/h3-4,7-9,15H,1-2,5-6H2,(H,18,21)(H,19,20)(H,22,23). The molecule has 1 aromatic carbocycles. The number of nitrogens with one attached hydrogen (secondary N) is 2. The summed E-state index contributed by atoms with van der Waals surface area (Å²) in [5.41, 5.74) is 2.64. The number of carboxylic acid groups (broad SMARTS) is 1. The predicted octanol–water partition coefficient (Wildman–Crippen LogP) is 1.78. The largest absolute Gasteiger partial charge is 0.493 e. The first-order chi connectivity index (χ1) is 11.6. The summed E-state index contributed by atoms with van der Waals surface area (Å²) in [5, 5.41) is 18.9. The summed E-state index contributed by atoms with van der Waals surface area (Å²) in [5.74, 6) is -0.385. The highest BCUT2D eigenvalue weighted by atomic mass is 16.5. The normalized spacial score (nSPS) is 17.0. The number of H-pyrrole nitrogens is 1. The fraction of sp³-hybridized carbons (Fsp3) is 0.353. The smallest absolute Gasteiger partial charge is 0.330 e. The second-order valence-electron chi connectivity index (χ2n) is 6.19. The molecule has 0 radical (unpaired) electrons. The van der Waals surface area contributed by atoms with E-state index in [0.717, 1.165) is 36.3 Å². The Morgan fingerprint density at radius 1 is 1.33 bits per heavy atom. The van der Waals surface area contributed by atoms with Gasteiger partial charge in [0, 0.05) is 18.0 Å². The summed E-state index contributed by atoms with van der Waals surface area (Å²) in [6.07, 6.45) is 2.93. The van der Waals surface area contributed by atoms with Crippen molar-refractivity contribution in [2.24, 2.45) is 0 Å². The minimum atomic E-state index is -1.12. The van der Waals surface area contributed by atoms with E-state index in [2.05, 4.69) is 15.5 Å². The number of aromatic nitrogens is 2. The minimum Gasteiger partial charge on any atom is -0.493 e. The molecule has 7 nitrogen and oxygen atoms in total. The first-order valence-corrected chi connectivity index (χ1v) is 7.96. The zero-order valence-corrected chi connectivity index (χ0v) is 12.9. The number of rotatable bonds is 5. The highest BCUT2D eigenvalue weighted by Crippen LogP contribution is 2.39. The van der Waals surface area contributed by atoms with Gasteiger partial charge >= 0.3 is 5.97 Å². The van der Waals surface area contributed by atoms with Crippen LogP contribution in [0.4, 0.5) is 0 Å². The average Bonchev–Trinajstić information content (AvgIpc) is 3.11. The van der Waals surface area contributed by atoms with Crippen LogP contribution in [0, 0.1) is 0 Å². The lowest BCUT2D eigenvalue weighted by Crippen LogP contribution is -2.34. The lowest BCUT2D eigenvalue weighted by molar-refractivity contribution is -0.139. The van der Waals surface area contributed by atoms with Gasteiger partial charge in [-0.05, 0) is 42.2 Å². The minimum absolute atomic E-state index is 0.215. The van der Waals surface area contributed by atoms with E-state index >= 15 is 0 Å². The van der Waals surface area contributed by atoms with Gasteiger partial charge in [-0.3, -0.25) is 9.89 Å². The van der Waals surface area contributed by atoms with Gasteiger partial charge in [0.2, 0.25) is 0 Å². The lowest BCUT2D eigenvalue weighted by Gasteiger charge is -2.15. The number of hydrogen-bond donors (Lipinski definition) is 3. The molecule has 1 unspecified atom stereocenters. The van der Waals surface area contributed by atoms with Crippen LogP contribution in [-0.2, 0) is 11.2 Å². The molecule has 1 amide bonds. The van der Waals surface area contributed by atoms with Crippen LogP contribution in [0.15, 0.2) is 24.3 Å². The summed E-state index contributed by atoms with van der Waals surface area (Å²) >= 11 is 0. The number of aromatic amines is 1. The Labute approximate surface area is 138 Å². The molecule has 1 aliphatic carbocycles. The van der Waals surface area contributed by atoms with Crippen molar-refractivity contribution in [3.63, 3.8) is 0 Å². The van der Waals surface area contributed by atoms with Gasteiger partial charge in [-0.1, -0.05) is 6.07 Å². The number of ether oxygens (including phenoxy) is 1. The van der Waals surface area contributed by atoms with Gasteiger partial charge in [0.25, 0.3) is 5.91 Å². The molecule has 2 aliphatic rings. The summed E-state index contributed by atoms with van der Waals surface area (Å²) in [6.45, 7) is 0.597. The van der Waals surface area contributed by atoms with Crippen LogP contribution in [0.2, 0.25) is 0 Å². The Morgan fingerprint density at radius 2 is 2.17 bits per heavy atom. The molecule has 1 aliphatic heterocycles. The van der Waals surface area contributed by atoms with Crippen LogP contribution in [0.1, 0.15) is 52.1 Å². The Kier molecular flexibility index (Phi) is 3.48. The number of fused-ring (bicyclic) bond motifs is 1. The van der Waals surface area contributed by atoms with Gasteiger partial charge in [0.15, 0.2) is 6.04 Å². The third-order valence-corrected chi connectivity index (χ3v) is 4.42. The predicted molar refractivity (Wildman–Crippen MR) is 84.0 cm³/mol. The quantitative estimate of drug-likeness (QED) is 0.776. The molecule has 1 fully saturated rings. The molecule has 0 saturated heterocycles. The monoisotopic (exact) mass is 327 g/mol. The molecule has 24 heavy (non-hydrogen) atoms. The average molecular weight is 327 g/mol. The van der Waals surface area contributed by atoms with E-state index in [4.69, 9.17) is 4.74 Å². The van der Waals surface area contributed by atoms with E-state index in [1.165, 1.54) is 0 Å². The van der Waals surface area contributed by atoms with Gasteiger partial charge in [-0.2, -0.15) is 5.10 Å². The maximum atomic E-state index is 12.3. The van der Waals surface area contributed by atoms with E-state index in [0.29, 0.717) is 18.1 Å². The maximum absolute atomic E-state index is 12.3. The SMILES string of the molecule is O=C(NC(C(=O)O)c1ccc2c(c1)CCO2)c1cc(C2CC2)[nH]n1. The van der Waals surface area contributed by atoms with Crippen molar-refractivity contribution >= 4 is 11.9 Å². The topological polar surface area (TPSA) is 104 Å². The van der Waals surface area contributed by atoms with Crippen LogP contribution in [0.5, 0.6) is 5.75 Å². The van der Waals surface area contributed by atoms with Crippen molar-refractivity contribution in [3.8, 4) is 5.75 Å². The molecule has 4 rings (SSSR count). The van der Waals surface area contributed by atoms with Crippen LogP contribution >= 0.6 is 0 Å². The van der Waals surface area contributed by atoms with E-state index < -0.39 is 17.9 Å². The van der Waals surface area contributed by atoms with Gasteiger partial charge in [-0.25, -0.2) is 4.79 Å². The number of hydrogen-bond acceptors (Lipinski definition) is 4. The second kappa shape index (κ2) is 5.67. The Bertz CT molecular complexity index is 810. The summed E-state index contributed by atoms with van der Waals surface area (Å²) < 4.78 is 5.43. The Hall–Kier alpha value is -2.83. The number of aliphatic carboxylic acids is 1. The van der Waals surface area contributed by atoms with Crippen molar-refractivity contribution < 1.29 is 19.4 Å². The number of benzene rings is 1. The van der Waals surface area contributed by atoms with Crippen molar-refractivity contribution in [3.05, 3.63) is 46.8 Å². The Balaban J connectivity index is 1.54. The van der Waals surface area contributed by atoms with Crippen LogP contribution in [-0.4, -0.2) is 33.8 Å². The molecule has 7 heteroatoms. The van der Waals surface area contributed by atoms with Crippen molar-refractivity contribution in [1.29, 1.82) is 0 Å². The molecule has 1 saturated carbocycles. The van der Waals surface area contributed by atoms with Gasteiger partial charge in [-0.15, -0.1) is 0 Å². The fourth-order valence-corrected chi connectivity index (χ4v) is 2.94. The van der Waals surface area contributed by atoms with E-state index in [1.807, 2.05) is 0 Å². The van der Waals surface area contributed by atoms with Gasteiger partial charge in [0.1, 0.15) is 11.4 Å². The molecule has 1 aromatic heterocycles. The van der Waals surface area contributed by atoms with Crippen LogP contribution in [0.3, 0.4) is 0 Å². The first kappa shape index (κ1) is 14.7. The van der Waals surface area contributed by atoms with E-state index in [9.17, 15) is 14.7 Å². The third kappa shape index (κ3) is 2.73. The molecular formula is C17H17N3O4. The zero-order valence-electron chi connectivity index (χ0n) is 12.9. The van der Waals surface area contributed by atoms with Crippen LogP contribution in [0.25, 0.3) is 0 Å². The number of carboxylic acids is 1. The molecule has 1 atom stereocenters. The first-order valence-electron chi connectivity index (χ1n) is 7.96. The van der Waals surface area contributed by atoms with E-state index in [1.54, 1.807) is 24.3 Å². The van der Waals surface area contributed by atoms with Crippen molar-refractivity contribution in [1.82, 2.24) is 15.5 Å². The summed E-state index contributed by atoms with van der Waals surface area (Å²) in [7, 11) is 0. The molecule has 3 N–H and O–H groups in total. The van der Waals surface area contributed by atoms with Gasteiger partial charge in [0.05, 0.1) is 6.61 Å². The molecular weight excluding hydrogens is 310 g/mol. The fourth-order valence-electron chi connectivity index (χ4n) is 2.94. The number of amides is 1. The van der Waals surface area contributed by atoms with Gasteiger partial charge < -0.3 is 15.2 Å². The van der Waals surface area contributed by atoms with Crippen LogP contribution < -0.4 is 10.1 Å². The Morgan fingerprint density at radius 3 is 2.92 bits per heavy atom. The van der Waals surface area contributed by atoms with Crippen molar-refractivity contribution in [2.75, 3.05) is 6.61 Å². The van der Waals surface area contributed by atoms with Crippen molar-refractivity contribution in [2.45, 2.75) is 31.2 Å². The summed E-state index contributed by atoms with van der Waals surface area (Å²) in [6, 6.07) is 5.77. The molecule has 2 heterocycles.